The molecule has 6 aromatic carbocycles. The molecule has 0 radical (unpaired) electrons. The highest BCUT2D eigenvalue weighted by Crippen LogP contribution is 2.49. The quantitative estimate of drug-likeness (QED) is 0.0251. The molecule has 0 amide bonds. The van der Waals surface area contributed by atoms with Crippen molar-refractivity contribution in [3.8, 4) is 0 Å². The minimum Gasteiger partial charge on any atom is -0.358 e. The molecule has 12 rings (SSSR count). The molecule has 3 unspecified atom stereocenters. The van der Waals surface area contributed by atoms with Crippen molar-refractivity contribution in [3.05, 3.63) is 192 Å². The molecule has 9 aromatic rings. The number of aryl methyl sites for hydroxylation is 2. The Morgan fingerprint density at radius 1 is 0.659 bits per heavy atom. The minimum absolute atomic E-state index is 0.0308. The van der Waals surface area contributed by atoms with E-state index in [9.17, 15) is 25.9 Å². The third kappa shape index (κ3) is 16.2. The second-order valence-corrected chi connectivity index (χ2v) is 29.3. The Hall–Kier alpha value is -6.80. The van der Waals surface area contributed by atoms with Gasteiger partial charge in [-0.1, -0.05) is 126 Å². The standard InChI is InChI=1S/C33H39NS3.C32H22Cl4N10O6S2/c1-5-27-28-15-21(3)7-13-30(28)36-32(27)18-22-8-10-24-11-9-23(17-25(24)16-22)19-33-34(6-2)29-20-26(35-4)12-14-31(29)37-33;33-21-5-1-3-7-23(21)39-31-43-27(35)41-29(45-31)37-19-13-11-17(25(15-19)53(47,48)49)9-10-18-12-14-20(16-26(18)54(50,51)52)38-30-42-28(36)44-32(46-30)40-24-8-4-2-6-22(24)34/h7,12-17,20,22,24,33H,5-6,8-11,18-19H2,1-4H3;1-16H,(H,47,48,49)(H,50,51,52)(H2,37,39,41,43,45)(H2,38,40,42,44,46)/b;10-9+. The van der Waals surface area contributed by atoms with Crippen molar-refractivity contribution in [2.45, 2.75) is 90.7 Å². The molecule has 26 heteroatoms. The maximum Gasteiger partial charge on any atom is 0.295 e. The number of thiophene rings is 1. The van der Waals surface area contributed by atoms with Crippen molar-refractivity contribution in [2.24, 2.45) is 11.8 Å². The molecular formula is C65H61Cl4N11O6S5. The first-order valence-electron chi connectivity index (χ1n) is 29.0. The van der Waals surface area contributed by atoms with Crippen LogP contribution in [0.25, 0.3) is 22.2 Å². The van der Waals surface area contributed by atoms with Gasteiger partial charge in [-0.15, -0.1) is 23.1 Å². The fourth-order valence-electron chi connectivity index (χ4n) is 11.4. The number of allylic oxidation sites excluding steroid dienone is 3. The molecule has 0 spiro atoms. The summed E-state index contributed by atoms with van der Waals surface area (Å²) < 4.78 is 71.4. The van der Waals surface area contributed by atoms with Crippen LogP contribution in [0.3, 0.4) is 0 Å². The summed E-state index contributed by atoms with van der Waals surface area (Å²) in [5.41, 5.74) is 8.90. The van der Waals surface area contributed by atoms with Gasteiger partial charge in [0, 0.05) is 37.3 Å². The summed E-state index contributed by atoms with van der Waals surface area (Å²) in [7, 11) is -9.68. The van der Waals surface area contributed by atoms with Gasteiger partial charge in [-0.05, 0) is 201 Å². The Kier molecular flexibility index (Phi) is 20.6. The van der Waals surface area contributed by atoms with Gasteiger partial charge >= 0.3 is 0 Å². The number of anilines is 9. The summed E-state index contributed by atoms with van der Waals surface area (Å²) in [5.74, 6) is 1.38. The lowest BCUT2D eigenvalue weighted by Crippen LogP contribution is -2.30. The van der Waals surface area contributed by atoms with E-state index in [0.717, 1.165) is 31.0 Å². The van der Waals surface area contributed by atoms with Gasteiger partial charge in [0.05, 0.1) is 32.5 Å². The van der Waals surface area contributed by atoms with Crippen molar-refractivity contribution >= 4 is 176 Å². The van der Waals surface area contributed by atoms with Gasteiger partial charge in [0.15, 0.2) is 0 Å². The lowest BCUT2D eigenvalue weighted by molar-refractivity contribution is 0.410. The third-order valence-corrected chi connectivity index (χ3v) is 21.7. The molecular weight excluding hydrogens is 1330 g/mol. The Balaban J connectivity index is 0.000000200. The van der Waals surface area contributed by atoms with Crippen LogP contribution >= 0.6 is 81.3 Å². The number of aromatic nitrogens is 6. The molecule has 2 aliphatic carbocycles. The van der Waals surface area contributed by atoms with Gasteiger partial charge in [-0.25, -0.2) is 0 Å². The fourth-order valence-corrected chi connectivity index (χ4v) is 16.7. The molecule has 1 aliphatic heterocycles. The predicted molar refractivity (Wildman–Crippen MR) is 374 cm³/mol. The van der Waals surface area contributed by atoms with E-state index in [1.807, 2.05) is 23.1 Å². The van der Waals surface area contributed by atoms with Gasteiger partial charge < -0.3 is 26.2 Å². The zero-order valence-electron chi connectivity index (χ0n) is 49.5. The first kappa shape index (κ1) is 65.7. The molecule has 17 nitrogen and oxygen atoms in total. The molecule has 91 heavy (non-hydrogen) atoms. The van der Waals surface area contributed by atoms with Crippen molar-refractivity contribution < 1.29 is 25.9 Å². The number of fused-ring (bicyclic) bond motifs is 3. The van der Waals surface area contributed by atoms with Crippen LogP contribution < -0.4 is 26.2 Å². The Morgan fingerprint density at radius 2 is 1.23 bits per heavy atom. The SMILES string of the molecule is CCc1c(CC2C=C3C=C(CC4Sc5ccc(SC)cc5N4CC)CCC3CC2)sc2ccc(C)cc12.O=S(=O)(O)c1cc(Nc2nc(Cl)nc(Nc3ccccc3Cl)n2)ccc1/C=C/c1ccc(Nc2nc(Cl)nc(Nc3ccccc3Cl)n2)cc1S(=O)(=O)O. The number of nitrogens with one attached hydrogen (secondary N) is 4. The zero-order valence-corrected chi connectivity index (χ0v) is 56.6. The molecule has 4 heterocycles. The largest absolute Gasteiger partial charge is 0.358 e. The second kappa shape index (κ2) is 28.6. The average Bonchev–Trinajstić information content (AvgIpc) is 1.79. The number of halogens is 4. The van der Waals surface area contributed by atoms with Crippen LogP contribution in [-0.2, 0) is 33.1 Å². The highest BCUT2D eigenvalue weighted by atomic mass is 35.5. The van der Waals surface area contributed by atoms with Crippen LogP contribution in [0.2, 0.25) is 20.6 Å². The summed E-state index contributed by atoms with van der Waals surface area (Å²) >= 11 is 30.5. The monoisotopic (exact) mass is 1390 g/mol. The second-order valence-electron chi connectivity index (χ2n) is 21.8. The summed E-state index contributed by atoms with van der Waals surface area (Å²) in [4.78, 5) is 30.5. The van der Waals surface area contributed by atoms with Crippen molar-refractivity contribution in [1.82, 2.24) is 29.9 Å². The van der Waals surface area contributed by atoms with Crippen LogP contribution in [0, 0.1) is 18.8 Å². The number of benzene rings is 6. The maximum atomic E-state index is 12.5. The molecule has 3 aliphatic rings. The van der Waals surface area contributed by atoms with Crippen molar-refractivity contribution in [2.75, 3.05) is 39.0 Å². The molecule has 0 bridgehead atoms. The molecule has 3 aromatic heterocycles. The molecule has 0 fully saturated rings. The molecule has 3 atom stereocenters. The lowest BCUT2D eigenvalue weighted by atomic mass is 9.74. The van der Waals surface area contributed by atoms with Gasteiger partial charge in [0.2, 0.25) is 34.4 Å². The van der Waals surface area contributed by atoms with E-state index < -0.39 is 30.0 Å². The number of nitrogens with zero attached hydrogens (tertiary/aromatic N) is 7. The topological polar surface area (TPSA) is 237 Å². The summed E-state index contributed by atoms with van der Waals surface area (Å²) in [6, 6.07) is 35.4. The minimum atomic E-state index is -4.84. The van der Waals surface area contributed by atoms with E-state index >= 15 is 0 Å². The average molecular weight is 1390 g/mol. The first-order chi connectivity index (χ1) is 43.7. The highest BCUT2D eigenvalue weighted by molar-refractivity contribution is 8.00. The summed E-state index contributed by atoms with van der Waals surface area (Å²) in [5, 5.41) is 13.9. The Bertz CT molecular complexity index is 4400. The fraction of sp³-hybridized carbons (Fsp3) is 0.231. The van der Waals surface area contributed by atoms with Gasteiger partial charge in [0.1, 0.15) is 9.79 Å². The number of para-hydroxylation sites is 2. The predicted octanol–water partition coefficient (Wildman–Crippen LogP) is 18.4. The Morgan fingerprint density at radius 3 is 1.77 bits per heavy atom. The van der Waals surface area contributed by atoms with Crippen LogP contribution in [-0.4, -0.2) is 74.0 Å². The smallest absolute Gasteiger partial charge is 0.295 e. The number of hydrogen-bond donors (Lipinski definition) is 6. The van der Waals surface area contributed by atoms with Crippen LogP contribution in [0.15, 0.2) is 164 Å². The zero-order chi connectivity index (χ0) is 64.1. The van der Waals surface area contributed by atoms with Crippen LogP contribution in [0.4, 0.5) is 52.2 Å². The van der Waals surface area contributed by atoms with Gasteiger partial charge in [-0.2, -0.15) is 46.7 Å². The van der Waals surface area contributed by atoms with Crippen LogP contribution in [0.5, 0.6) is 0 Å². The van der Waals surface area contributed by atoms with E-state index in [1.165, 1.54) is 106 Å². The summed E-state index contributed by atoms with van der Waals surface area (Å²) in [6.45, 7) is 7.95. The Labute approximate surface area is 561 Å². The van der Waals surface area contributed by atoms with E-state index in [0.29, 0.717) is 32.7 Å². The normalized spacial score (nSPS) is 16.4. The first-order valence-corrected chi connectivity index (χ1v) is 36.3. The van der Waals surface area contributed by atoms with E-state index in [4.69, 9.17) is 46.4 Å². The number of hydrogen-bond acceptors (Lipinski definition) is 18. The molecule has 470 valence electrons. The van der Waals surface area contributed by atoms with E-state index in [2.05, 4.69) is 143 Å². The van der Waals surface area contributed by atoms with Gasteiger partial charge in [-0.3, -0.25) is 9.11 Å². The lowest BCUT2D eigenvalue weighted by Gasteiger charge is -2.33. The van der Waals surface area contributed by atoms with Crippen LogP contribution in [0.1, 0.15) is 73.1 Å². The third-order valence-electron chi connectivity index (χ3n) is 15.7. The number of rotatable bonds is 19. The van der Waals surface area contributed by atoms with E-state index in [1.54, 1.807) is 70.1 Å². The molecule has 6 N–H and O–H groups in total. The molecule has 0 saturated carbocycles. The van der Waals surface area contributed by atoms with Gasteiger partial charge in [0.25, 0.3) is 20.2 Å². The van der Waals surface area contributed by atoms with Crippen molar-refractivity contribution in [1.29, 1.82) is 0 Å². The maximum absolute atomic E-state index is 12.5. The molecule has 0 saturated heterocycles. The number of thioether (sulfide) groups is 2. The van der Waals surface area contributed by atoms with E-state index in [-0.39, 0.29) is 56.9 Å². The highest BCUT2D eigenvalue weighted by Gasteiger charge is 2.33. The summed E-state index contributed by atoms with van der Waals surface area (Å²) in [6.07, 6.45) is 18.8. The van der Waals surface area contributed by atoms with Crippen molar-refractivity contribution in [3.63, 3.8) is 0 Å².